The van der Waals surface area contributed by atoms with Crippen molar-refractivity contribution in [2.24, 2.45) is 0 Å². The number of benzene rings is 1. The van der Waals surface area contributed by atoms with Crippen LogP contribution in [-0.2, 0) is 24.3 Å². The summed E-state index contributed by atoms with van der Waals surface area (Å²) in [5.74, 6) is 0.982. The number of ether oxygens (including phenoxy) is 1. The van der Waals surface area contributed by atoms with Gasteiger partial charge in [0.25, 0.3) is 0 Å². The standard InChI is InChI=1S/C20H27N3OS/c1-20(2)13-17-16(14-24-20)19(25)21-18(15-9-6-5-7-10-15)23(17)12-8-11-22(3)4/h5-7,9-10H,8,11-14H2,1-4H3/p+1. The van der Waals surface area contributed by atoms with Crippen molar-refractivity contribution in [3.63, 3.8) is 0 Å². The number of nitrogens with one attached hydrogen (secondary N) is 1. The van der Waals surface area contributed by atoms with E-state index in [1.54, 1.807) is 0 Å². The lowest BCUT2D eigenvalue weighted by Crippen LogP contribution is -3.05. The summed E-state index contributed by atoms with van der Waals surface area (Å²) < 4.78 is 9.05. The molecule has 0 spiro atoms. The minimum absolute atomic E-state index is 0.168. The molecular weight excluding hydrogens is 330 g/mol. The first-order valence-electron chi connectivity index (χ1n) is 8.98. The zero-order chi connectivity index (χ0) is 18.0. The molecular formula is C20H28N3OS+. The van der Waals surface area contributed by atoms with Gasteiger partial charge in [-0.2, -0.15) is 0 Å². The Labute approximate surface area is 155 Å². The largest absolute Gasteiger partial charge is 0.370 e. The Kier molecular flexibility index (Phi) is 5.37. The van der Waals surface area contributed by atoms with Gasteiger partial charge in [-0.25, -0.2) is 4.98 Å². The fourth-order valence-electron chi connectivity index (χ4n) is 3.35. The molecule has 0 aliphatic carbocycles. The molecule has 134 valence electrons. The third-order valence-corrected chi connectivity index (χ3v) is 5.02. The number of quaternary nitrogens is 1. The van der Waals surface area contributed by atoms with Crippen molar-refractivity contribution in [1.82, 2.24) is 9.55 Å². The van der Waals surface area contributed by atoms with Crippen LogP contribution in [0.25, 0.3) is 11.4 Å². The van der Waals surface area contributed by atoms with E-state index in [0.717, 1.165) is 42.9 Å². The summed E-state index contributed by atoms with van der Waals surface area (Å²) >= 11 is 5.61. The van der Waals surface area contributed by atoms with Crippen molar-refractivity contribution in [3.8, 4) is 11.4 Å². The van der Waals surface area contributed by atoms with Crippen LogP contribution >= 0.6 is 12.2 Å². The van der Waals surface area contributed by atoms with Gasteiger partial charge in [0.1, 0.15) is 10.5 Å². The summed E-state index contributed by atoms with van der Waals surface area (Å²) in [6.45, 7) is 6.94. The first kappa shape index (κ1) is 18.2. The van der Waals surface area contributed by atoms with Gasteiger partial charge in [0.15, 0.2) is 0 Å². The zero-order valence-corrected chi connectivity index (χ0v) is 16.4. The Hall–Kier alpha value is -1.56. The van der Waals surface area contributed by atoms with Crippen LogP contribution in [0.1, 0.15) is 31.5 Å². The summed E-state index contributed by atoms with van der Waals surface area (Å²) in [4.78, 5) is 6.26. The Morgan fingerprint density at radius 3 is 2.64 bits per heavy atom. The second-order valence-corrected chi connectivity index (χ2v) is 8.11. The lowest BCUT2D eigenvalue weighted by molar-refractivity contribution is -0.858. The van der Waals surface area contributed by atoms with E-state index in [0.29, 0.717) is 11.2 Å². The van der Waals surface area contributed by atoms with Crippen LogP contribution in [0.5, 0.6) is 0 Å². The fraction of sp³-hybridized carbons (Fsp3) is 0.500. The molecule has 1 aliphatic heterocycles. The highest BCUT2D eigenvalue weighted by Gasteiger charge is 2.30. The SMILES string of the molecule is C[NH+](C)CCCn1c(-c2ccccc2)nc(=S)c2c1CC(C)(C)OC2. The molecule has 4 nitrogen and oxygen atoms in total. The first-order chi connectivity index (χ1) is 11.9. The molecule has 0 radical (unpaired) electrons. The molecule has 0 unspecified atom stereocenters. The van der Waals surface area contributed by atoms with Gasteiger partial charge >= 0.3 is 0 Å². The summed E-state index contributed by atoms with van der Waals surface area (Å²) in [6.07, 6.45) is 1.97. The quantitative estimate of drug-likeness (QED) is 0.834. The average molecular weight is 359 g/mol. The minimum Gasteiger partial charge on any atom is -0.370 e. The molecule has 1 N–H and O–H groups in total. The number of hydrogen-bond acceptors (Lipinski definition) is 3. The molecule has 1 aromatic carbocycles. The Morgan fingerprint density at radius 1 is 1.24 bits per heavy atom. The van der Waals surface area contributed by atoms with Crippen LogP contribution in [0, 0.1) is 4.64 Å². The van der Waals surface area contributed by atoms with E-state index in [9.17, 15) is 0 Å². The minimum atomic E-state index is -0.168. The maximum absolute atomic E-state index is 5.99. The van der Waals surface area contributed by atoms with E-state index < -0.39 is 0 Å². The maximum Gasteiger partial charge on any atom is 0.141 e. The second kappa shape index (κ2) is 7.36. The number of nitrogens with zero attached hydrogens (tertiary/aromatic N) is 2. The van der Waals surface area contributed by atoms with Crippen LogP contribution in [-0.4, -0.2) is 35.8 Å². The van der Waals surface area contributed by atoms with Crippen molar-refractivity contribution in [2.45, 2.75) is 45.4 Å². The summed E-state index contributed by atoms with van der Waals surface area (Å²) in [5, 5.41) is 0. The summed E-state index contributed by atoms with van der Waals surface area (Å²) in [7, 11) is 4.39. The normalized spacial score (nSPS) is 16.0. The molecule has 0 atom stereocenters. The highest BCUT2D eigenvalue weighted by Crippen LogP contribution is 2.31. The number of aromatic nitrogens is 2. The lowest BCUT2D eigenvalue weighted by atomic mass is 9.95. The molecule has 0 fully saturated rings. The summed E-state index contributed by atoms with van der Waals surface area (Å²) in [5.41, 5.74) is 3.34. The van der Waals surface area contributed by atoms with Crippen LogP contribution < -0.4 is 4.90 Å². The van der Waals surface area contributed by atoms with Gasteiger partial charge in [0.2, 0.25) is 0 Å². The van der Waals surface area contributed by atoms with Crippen LogP contribution in [0.2, 0.25) is 0 Å². The fourth-order valence-corrected chi connectivity index (χ4v) is 3.61. The monoisotopic (exact) mass is 358 g/mol. The van der Waals surface area contributed by atoms with E-state index in [2.05, 4.69) is 56.8 Å². The molecule has 0 amide bonds. The van der Waals surface area contributed by atoms with Gasteiger partial charge < -0.3 is 14.2 Å². The molecule has 3 rings (SSSR count). The van der Waals surface area contributed by atoms with Crippen LogP contribution in [0.3, 0.4) is 0 Å². The van der Waals surface area contributed by atoms with Crippen molar-refractivity contribution >= 4 is 12.2 Å². The molecule has 5 heteroatoms. The molecule has 2 aromatic rings. The van der Waals surface area contributed by atoms with Gasteiger partial charge in [-0.05, 0) is 13.8 Å². The zero-order valence-electron chi connectivity index (χ0n) is 15.6. The third kappa shape index (κ3) is 4.17. The molecule has 1 aliphatic rings. The molecule has 0 saturated heterocycles. The smallest absolute Gasteiger partial charge is 0.141 e. The molecule has 1 aromatic heterocycles. The van der Waals surface area contributed by atoms with Gasteiger partial charge in [0.05, 0.1) is 32.8 Å². The highest BCUT2D eigenvalue weighted by atomic mass is 32.1. The lowest BCUT2D eigenvalue weighted by Gasteiger charge is -2.34. The second-order valence-electron chi connectivity index (χ2n) is 7.72. The molecule has 0 saturated carbocycles. The average Bonchev–Trinajstić information content (AvgIpc) is 2.56. The van der Waals surface area contributed by atoms with E-state index in [1.165, 1.54) is 10.6 Å². The van der Waals surface area contributed by atoms with Crippen molar-refractivity contribution in [1.29, 1.82) is 0 Å². The highest BCUT2D eigenvalue weighted by molar-refractivity contribution is 7.71. The summed E-state index contributed by atoms with van der Waals surface area (Å²) in [6, 6.07) is 10.4. The molecule has 0 bridgehead atoms. The van der Waals surface area contributed by atoms with Crippen LogP contribution in [0.15, 0.2) is 30.3 Å². The topological polar surface area (TPSA) is 31.5 Å². The van der Waals surface area contributed by atoms with E-state index in [-0.39, 0.29) is 5.60 Å². The predicted molar refractivity (Wildman–Crippen MR) is 103 cm³/mol. The van der Waals surface area contributed by atoms with Crippen molar-refractivity contribution < 1.29 is 9.64 Å². The Balaban J connectivity index is 2.11. The maximum atomic E-state index is 5.99. The van der Waals surface area contributed by atoms with Gasteiger partial charge in [-0.1, -0.05) is 42.5 Å². The third-order valence-electron chi connectivity index (χ3n) is 4.69. The molecule has 2 heterocycles. The van der Waals surface area contributed by atoms with Crippen molar-refractivity contribution in [3.05, 3.63) is 46.2 Å². The predicted octanol–water partition coefficient (Wildman–Crippen LogP) is 2.67. The van der Waals surface area contributed by atoms with Crippen LogP contribution in [0.4, 0.5) is 0 Å². The van der Waals surface area contributed by atoms with E-state index in [4.69, 9.17) is 21.9 Å². The molecule has 25 heavy (non-hydrogen) atoms. The first-order valence-corrected chi connectivity index (χ1v) is 9.39. The number of rotatable bonds is 5. The van der Waals surface area contributed by atoms with E-state index >= 15 is 0 Å². The Morgan fingerprint density at radius 2 is 1.96 bits per heavy atom. The van der Waals surface area contributed by atoms with Gasteiger partial charge in [-0.3, -0.25) is 0 Å². The van der Waals surface area contributed by atoms with E-state index in [1.807, 2.05) is 6.07 Å². The van der Waals surface area contributed by atoms with Gasteiger partial charge in [-0.15, -0.1) is 0 Å². The Bertz CT molecular complexity index is 797. The number of hydrogen-bond donors (Lipinski definition) is 1. The number of fused-ring (bicyclic) bond motifs is 1. The van der Waals surface area contributed by atoms with Gasteiger partial charge in [0, 0.05) is 36.2 Å². The van der Waals surface area contributed by atoms with Crippen molar-refractivity contribution in [2.75, 3.05) is 20.6 Å².